The van der Waals surface area contributed by atoms with Gasteiger partial charge in [0.25, 0.3) is 0 Å². The Balaban J connectivity index is 2.20. The molecule has 1 atom stereocenters. The molecule has 20 heavy (non-hydrogen) atoms. The monoisotopic (exact) mass is 402 g/mol. The molecule has 0 fully saturated rings. The number of rotatable bonds is 4. The number of halogens is 3. The summed E-state index contributed by atoms with van der Waals surface area (Å²) in [6, 6.07) is 9.92. The van der Waals surface area contributed by atoms with E-state index in [0.29, 0.717) is 15.8 Å². The fourth-order valence-corrected chi connectivity index (χ4v) is 2.58. The Hall–Kier alpha value is -0.910. The normalized spacial score (nSPS) is 12.2. The molecule has 2 nitrogen and oxygen atoms in total. The molecule has 0 saturated carbocycles. The van der Waals surface area contributed by atoms with Crippen LogP contribution in [0.1, 0.15) is 24.2 Å². The highest BCUT2D eigenvalue weighted by Gasteiger charge is 2.11. The highest BCUT2D eigenvalue weighted by Crippen LogP contribution is 2.30. The summed E-state index contributed by atoms with van der Waals surface area (Å²) in [6.07, 6.45) is -0.616. The fourth-order valence-electron chi connectivity index (χ4n) is 1.77. The van der Waals surface area contributed by atoms with Gasteiger partial charge >= 0.3 is 0 Å². The summed E-state index contributed by atoms with van der Waals surface area (Å²) in [7, 11) is 0. The van der Waals surface area contributed by atoms with Gasteiger partial charge in [0.05, 0.1) is 6.10 Å². The highest BCUT2D eigenvalue weighted by molar-refractivity contribution is 9.10. The molecule has 0 radical (unpaired) electrons. The first-order chi connectivity index (χ1) is 9.47. The molecule has 1 unspecified atom stereocenters. The molecular formula is C15H13Br2FO2. The van der Waals surface area contributed by atoms with Crippen LogP contribution < -0.4 is 4.74 Å². The van der Waals surface area contributed by atoms with Crippen molar-refractivity contribution in [2.75, 3.05) is 0 Å². The molecule has 5 heteroatoms. The number of benzene rings is 2. The molecule has 0 aliphatic carbocycles. The number of aliphatic hydroxyl groups is 1. The molecule has 2 aromatic carbocycles. The lowest BCUT2D eigenvalue weighted by molar-refractivity contribution is 0.190. The quantitative estimate of drug-likeness (QED) is 0.779. The van der Waals surface area contributed by atoms with Crippen LogP contribution in [0, 0.1) is 5.82 Å². The molecule has 2 rings (SSSR count). The Kier molecular flexibility index (Phi) is 5.18. The van der Waals surface area contributed by atoms with Crippen molar-refractivity contribution < 1.29 is 14.2 Å². The molecule has 0 heterocycles. The Bertz CT molecular complexity index is 615. The average Bonchev–Trinajstić information content (AvgIpc) is 2.37. The molecule has 2 aromatic rings. The lowest BCUT2D eigenvalue weighted by Crippen LogP contribution is -2.01. The van der Waals surface area contributed by atoms with Gasteiger partial charge in [-0.1, -0.05) is 44.0 Å². The maximum atomic E-state index is 13.0. The third-order valence-corrected chi connectivity index (χ3v) is 4.06. The fraction of sp³-hybridized carbons (Fsp3) is 0.200. The third-order valence-electron chi connectivity index (χ3n) is 2.82. The van der Waals surface area contributed by atoms with Gasteiger partial charge in [-0.15, -0.1) is 0 Å². The molecule has 0 saturated heterocycles. The lowest BCUT2D eigenvalue weighted by atomic mass is 10.1. The molecule has 0 aliphatic heterocycles. The van der Waals surface area contributed by atoms with Gasteiger partial charge in [0.1, 0.15) is 18.2 Å². The summed E-state index contributed by atoms with van der Waals surface area (Å²) >= 11 is 6.68. The lowest BCUT2D eigenvalue weighted by Gasteiger charge is -2.14. The maximum Gasteiger partial charge on any atom is 0.126 e. The van der Waals surface area contributed by atoms with E-state index in [-0.39, 0.29) is 12.4 Å². The summed E-state index contributed by atoms with van der Waals surface area (Å²) in [4.78, 5) is 0. The van der Waals surface area contributed by atoms with E-state index >= 15 is 0 Å². The van der Waals surface area contributed by atoms with Gasteiger partial charge in [0.15, 0.2) is 0 Å². The van der Waals surface area contributed by atoms with Crippen LogP contribution in [0.5, 0.6) is 5.75 Å². The molecule has 0 spiro atoms. The van der Waals surface area contributed by atoms with Crippen LogP contribution in [-0.4, -0.2) is 5.11 Å². The molecular weight excluding hydrogens is 391 g/mol. The Morgan fingerprint density at radius 2 is 1.95 bits per heavy atom. The summed E-state index contributed by atoms with van der Waals surface area (Å²) in [5.74, 6) is 0.304. The predicted molar refractivity (Wildman–Crippen MR) is 83.2 cm³/mol. The van der Waals surface area contributed by atoms with Crippen molar-refractivity contribution >= 4 is 31.9 Å². The Morgan fingerprint density at radius 1 is 1.20 bits per heavy atom. The van der Waals surface area contributed by atoms with Crippen LogP contribution >= 0.6 is 31.9 Å². The number of hydrogen-bond donors (Lipinski definition) is 1. The van der Waals surface area contributed by atoms with Crippen molar-refractivity contribution in [1.82, 2.24) is 0 Å². The van der Waals surface area contributed by atoms with Crippen molar-refractivity contribution in [3.05, 3.63) is 62.3 Å². The van der Waals surface area contributed by atoms with Crippen LogP contribution in [0.4, 0.5) is 4.39 Å². The van der Waals surface area contributed by atoms with E-state index in [9.17, 15) is 9.50 Å². The van der Waals surface area contributed by atoms with Crippen LogP contribution in [0.3, 0.4) is 0 Å². The molecule has 0 bridgehead atoms. The Labute approximate surface area is 133 Å². The van der Waals surface area contributed by atoms with Gasteiger partial charge in [-0.2, -0.15) is 0 Å². The van der Waals surface area contributed by atoms with E-state index in [4.69, 9.17) is 4.74 Å². The zero-order chi connectivity index (χ0) is 14.7. The van der Waals surface area contributed by atoms with Crippen molar-refractivity contribution in [1.29, 1.82) is 0 Å². The summed E-state index contributed by atoms with van der Waals surface area (Å²) < 4.78 is 20.3. The van der Waals surface area contributed by atoms with Crippen molar-refractivity contribution in [3.8, 4) is 5.75 Å². The first kappa shape index (κ1) is 15.5. The van der Waals surface area contributed by atoms with Gasteiger partial charge in [0.2, 0.25) is 0 Å². The zero-order valence-corrected chi connectivity index (χ0v) is 13.9. The van der Waals surface area contributed by atoms with Crippen LogP contribution in [-0.2, 0) is 6.61 Å². The number of aliphatic hydroxyl groups excluding tert-OH is 1. The van der Waals surface area contributed by atoms with Gasteiger partial charge in [-0.3, -0.25) is 0 Å². The summed E-state index contributed by atoms with van der Waals surface area (Å²) in [6.45, 7) is 1.97. The van der Waals surface area contributed by atoms with Crippen LogP contribution in [0.25, 0.3) is 0 Å². The van der Waals surface area contributed by atoms with E-state index in [1.54, 1.807) is 19.1 Å². The molecule has 1 N–H and O–H groups in total. The van der Waals surface area contributed by atoms with E-state index in [0.717, 1.165) is 10.0 Å². The van der Waals surface area contributed by atoms with Gasteiger partial charge in [-0.05, 0) is 31.2 Å². The minimum Gasteiger partial charge on any atom is -0.488 e. The smallest absolute Gasteiger partial charge is 0.126 e. The first-order valence-corrected chi connectivity index (χ1v) is 7.60. The minimum absolute atomic E-state index is 0.289. The van der Waals surface area contributed by atoms with E-state index in [1.807, 2.05) is 12.1 Å². The van der Waals surface area contributed by atoms with E-state index in [1.165, 1.54) is 12.1 Å². The van der Waals surface area contributed by atoms with Crippen molar-refractivity contribution in [2.45, 2.75) is 19.6 Å². The van der Waals surface area contributed by atoms with E-state index in [2.05, 4.69) is 31.9 Å². The minimum atomic E-state index is -0.616. The second-order valence-electron chi connectivity index (χ2n) is 4.38. The standard InChI is InChI=1S/C15H13Br2FO2/c1-9(19)13-5-3-11(16)6-15(13)20-8-10-2-4-12(18)7-14(10)17/h2-7,9,19H,8H2,1H3. The molecule has 0 amide bonds. The second kappa shape index (κ2) is 6.70. The largest absolute Gasteiger partial charge is 0.488 e. The summed E-state index contributed by atoms with van der Waals surface area (Å²) in [5, 5.41) is 9.73. The second-order valence-corrected chi connectivity index (χ2v) is 6.15. The van der Waals surface area contributed by atoms with Crippen LogP contribution in [0.15, 0.2) is 45.3 Å². The molecule has 106 valence electrons. The van der Waals surface area contributed by atoms with Gasteiger partial charge < -0.3 is 9.84 Å². The number of ether oxygens (including phenoxy) is 1. The van der Waals surface area contributed by atoms with Crippen molar-refractivity contribution in [3.63, 3.8) is 0 Å². The number of hydrogen-bond acceptors (Lipinski definition) is 2. The SMILES string of the molecule is CC(O)c1ccc(Br)cc1OCc1ccc(F)cc1Br. The van der Waals surface area contributed by atoms with Crippen molar-refractivity contribution in [2.24, 2.45) is 0 Å². The molecule has 0 aliphatic rings. The first-order valence-electron chi connectivity index (χ1n) is 6.01. The Morgan fingerprint density at radius 3 is 2.60 bits per heavy atom. The average molecular weight is 404 g/mol. The zero-order valence-electron chi connectivity index (χ0n) is 10.7. The van der Waals surface area contributed by atoms with Gasteiger partial charge in [-0.25, -0.2) is 4.39 Å². The third kappa shape index (κ3) is 3.81. The highest BCUT2D eigenvalue weighted by atomic mass is 79.9. The van der Waals surface area contributed by atoms with Gasteiger partial charge in [0, 0.05) is 20.1 Å². The maximum absolute atomic E-state index is 13.0. The topological polar surface area (TPSA) is 29.5 Å². The van der Waals surface area contributed by atoms with E-state index < -0.39 is 6.10 Å². The summed E-state index contributed by atoms with van der Waals surface area (Å²) in [5.41, 5.74) is 1.55. The predicted octanol–water partition coefficient (Wildman–Crippen LogP) is 4.98. The molecule has 0 aromatic heterocycles. The van der Waals surface area contributed by atoms with Crippen LogP contribution in [0.2, 0.25) is 0 Å².